The van der Waals surface area contributed by atoms with E-state index in [0.717, 1.165) is 67.0 Å². The topological polar surface area (TPSA) is 110 Å². The van der Waals surface area contributed by atoms with Crippen molar-refractivity contribution >= 4 is 56.3 Å². The predicted molar refractivity (Wildman–Crippen MR) is 177 cm³/mol. The first-order chi connectivity index (χ1) is 21.1. The van der Waals surface area contributed by atoms with Gasteiger partial charge in [-0.15, -0.1) is 0 Å². The van der Waals surface area contributed by atoms with Gasteiger partial charge in [0.05, 0.1) is 48.0 Å². The normalized spacial score (nSPS) is 13.1. The molecule has 0 fully saturated rings. The van der Waals surface area contributed by atoms with Crippen molar-refractivity contribution in [1.29, 1.82) is 0 Å². The van der Waals surface area contributed by atoms with Gasteiger partial charge >= 0.3 is 11.9 Å². The highest BCUT2D eigenvalue weighted by Gasteiger charge is 2.29. The lowest BCUT2D eigenvalue weighted by molar-refractivity contribution is 0.0593. The van der Waals surface area contributed by atoms with Gasteiger partial charge in [-0.05, 0) is 110 Å². The zero-order chi connectivity index (χ0) is 32.0. The Morgan fingerprint density at radius 3 is 1.34 bits per heavy atom. The van der Waals surface area contributed by atoms with Crippen molar-refractivity contribution in [3.63, 3.8) is 0 Å². The molecule has 8 nitrogen and oxygen atoms in total. The van der Waals surface area contributed by atoms with Gasteiger partial charge in [0.25, 0.3) is 0 Å². The van der Waals surface area contributed by atoms with Crippen LogP contribution in [0.15, 0.2) is 12.1 Å². The van der Waals surface area contributed by atoms with Crippen LogP contribution in [0, 0.1) is 13.8 Å². The van der Waals surface area contributed by atoms with Crippen LogP contribution in [0.3, 0.4) is 0 Å². The number of ether oxygens (including phenoxy) is 2. The van der Waals surface area contributed by atoms with Crippen LogP contribution in [-0.2, 0) is 22.3 Å². The molecule has 2 aliphatic heterocycles. The fourth-order valence-electron chi connectivity index (χ4n) is 6.79. The highest BCUT2D eigenvalue weighted by Crippen LogP contribution is 2.40. The van der Waals surface area contributed by atoms with Crippen molar-refractivity contribution in [3.05, 3.63) is 68.3 Å². The average Bonchev–Trinajstić information content (AvgIpc) is 3.70. The largest absolute Gasteiger partial charge is 0.465 e. The number of allylic oxidation sites excluding steroid dienone is 4. The SMILES string of the molecule is CCC1=C(C)c2cc3nc(c(C(=O)OC)c4[nH]c(cc5[nH]c(c(CC)c5C)c(C(=O)OC)c1n2)c(C)c4CC)C(CC)=C3C. The fourth-order valence-corrected chi connectivity index (χ4v) is 6.79. The van der Waals surface area contributed by atoms with E-state index in [4.69, 9.17) is 19.4 Å². The number of nitrogens with one attached hydrogen (secondary N) is 2. The Labute approximate surface area is 258 Å². The Morgan fingerprint density at radius 2 is 1.02 bits per heavy atom. The van der Waals surface area contributed by atoms with E-state index in [1.807, 2.05) is 19.9 Å². The van der Waals surface area contributed by atoms with Gasteiger partial charge in [0.15, 0.2) is 0 Å². The zero-order valence-electron chi connectivity index (χ0n) is 27.5. The molecule has 0 spiro atoms. The zero-order valence-corrected chi connectivity index (χ0v) is 27.5. The predicted octanol–water partition coefficient (Wildman–Crippen LogP) is 8.31. The van der Waals surface area contributed by atoms with Crippen LogP contribution in [0.25, 0.3) is 44.4 Å². The Balaban J connectivity index is 2.16. The molecule has 3 aromatic rings. The number of nitrogens with zero attached hydrogens (tertiary/aromatic N) is 2. The second-order valence-corrected chi connectivity index (χ2v) is 11.4. The van der Waals surface area contributed by atoms with E-state index < -0.39 is 11.9 Å². The van der Waals surface area contributed by atoms with Crippen LogP contribution in [0.4, 0.5) is 0 Å². The summed E-state index contributed by atoms with van der Waals surface area (Å²) < 4.78 is 10.8. The van der Waals surface area contributed by atoms with Gasteiger partial charge in [0.2, 0.25) is 0 Å². The van der Waals surface area contributed by atoms with Crippen LogP contribution in [0.2, 0.25) is 0 Å². The molecule has 2 N–H and O–H groups in total. The summed E-state index contributed by atoms with van der Waals surface area (Å²) in [4.78, 5) is 44.5. The number of aromatic amines is 2. The highest BCUT2D eigenvalue weighted by atomic mass is 16.5. The molecule has 0 aromatic carbocycles. The van der Waals surface area contributed by atoms with Gasteiger partial charge in [0, 0.05) is 11.0 Å². The lowest BCUT2D eigenvalue weighted by atomic mass is 9.97. The first kappa shape index (κ1) is 31.0. The van der Waals surface area contributed by atoms with E-state index in [1.54, 1.807) is 0 Å². The number of aryl methyl sites for hydroxylation is 4. The summed E-state index contributed by atoms with van der Waals surface area (Å²) in [5.74, 6) is -0.871. The molecule has 0 amide bonds. The lowest BCUT2D eigenvalue weighted by Crippen LogP contribution is -2.07. The molecule has 0 radical (unpaired) electrons. The Morgan fingerprint density at radius 1 is 0.636 bits per heavy atom. The maximum atomic E-state index is 13.6. The molecule has 8 heteroatoms. The first-order valence-corrected chi connectivity index (χ1v) is 15.4. The second kappa shape index (κ2) is 11.9. The molecule has 230 valence electrons. The number of esters is 2. The van der Waals surface area contributed by atoms with Crippen LogP contribution in [0.5, 0.6) is 0 Å². The summed E-state index contributed by atoms with van der Waals surface area (Å²) in [6.45, 7) is 16.5. The number of carbonyl (C=O) groups excluding carboxylic acids is 2. The molecule has 0 unspecified atom stereocenters. The summed E-state index contributed by atoms with van der Waals surface area (Å²) in [7, 11) is 2.82. The fraction of sp³-hybridized carbons (Fsp3) is 0.389. The number of rotatable bonds is 6. The first-order valence-electron chi connectivity index (χ1n) is 15.4. The molecule has 2 aliphatic rings. The van der Waals surface area contributed by atoms with Gasteiger partial charge in [-0.3, -0.25) is 0 Å². The highest BCUT2D eigenvalue weighted by molar-refractivity contribution is 6.08. The standard InChI is InChI=1S/C36H42N4O4/c1-11-21-17(5)25-15-26-19(7)23(13-3)33(39-26)30(36(42)44-10)34-24(14-4)20(8)28(40-34)16-27-18(6)22(12-2)32(38-27)29(31(21)37-25)35(41)43-9/h15-16,37,39H,11-14H2,1-10H3. The lowest BCUT2D eigenvalue weighted by Gasteiger charge is -2.07. The summed E-state index contributed by atoms with van der Waals surface area (Å²) in [6.07, 6.45) is 2.79. The minimum Gasteiger partial charge on any atom is -0.465 e. The molecule has 44 heavy (non-hydrogen) atoms. The number of hydrogen-bond acceptors (Lipinski definition) is 6. The van der Waals surface area contributed by atoms with Crippen LogP contribution in [0.1, 0.15) is 120 Å². The van der Waals surface area contributed by atoms with Crippen molar-refractivity contribution < 1.29 is 19.1 Å². The minimum atomic E-state index is -0.436. The van der Waals surface area contributed by atoms with Gasteiger partial charge in [-0.2, -0.15) is 0 Å². The molecule has 0 aliphatic carbocycles. The molecule has 0 saturated carbocycles. The summed E-state index contributed by atoms with van der Waals surface area (Å²) >= 11 is 0. The van der Waals surface area contributed by atoms with E-state index in [0.29, 0.717) is 59.2 Å². The van der Waals surface area contributed by atoms with Crippen molar-refractivity contribution in [1.82, 2.24) is 19.9 Å². The van der Waals surface area contributed by atoms with Crippen molar-refractivity contribution in [2.24, 2.45) is 0 Å². The molecular weight excluding hydrogens is 552 g/mol. The maximum Gasteiger partial charge on any atom is 0.342 e. The number of H-pyrrole nitrogens is 2. The Hall–Kier alpha value is -4.46. The van der Waals surface area contributed by atoms with E-state index in [2.05, 4.69) is 57.6 Å². The average molecular weight is 595 g/mol. The van der Waals surface area contributed by atoms with Crippen molar-refractivity contribution in [2.75, 3.05) is 14.2 Å². The minimum absolute atomic E-state index is 0.431. The molecule has 0 saturated heterocycles. The van der Waals surface area contributed by atoms with Crippen LogP contribution in [-0.4, -0.2) is 46.1 Å². The third-order valence-electron chi connectivity index (χ3n) is 9.28. The van der Waals surface area contributed by atoms with E-state index in [-0.39, 0.29) is 0 Å². The Bertz CT molecular complexity index is 1820. The van der Waals surface area contributed by atoms with Crippen LogP contribution >= 0.6 is 0 Å². The van der Waals surface area contributed by atoms with Crippen molar-refractivity contribution in [2.45, 2.75) is 81.1 Å². The van der Waals surface area contributed by atoms with Gasteiger partial charge < -0.3 is 19.4 Å². The number of hydrogen-bond donors (Lipinski definition) is 2. The third kappa shape index (κ3) is 4.68. The summed E-state index contributed by atoms with van der Waals surface area (Å²) in [6, 6.07) is 4.03. The van der Waals surface area contributed by atoms with Gasteiger partial charge in [-0.1, -0.05) is 27.7 Å². The van der Waals surface area contributed by atoms with Gasteiger partial charge in [0.1, 0.15) is 11.1 Å². The monoisotopic (exact) mass is 594 g/mol. The summed E-state index contributed by atoms with van der Waals surface area (Å²) in [5.41, 5.74) is 14.8. The van der Waals surface area contributed by atoms with Crippen molar-refractivity contribution in [3.8, 4) is 0 Å². The number of aromatic nitrogens is 4. The molecular formula is C36H42N4O4. The molecule has 5 heterocycles. The van der Waals surface area contributed by atoms with E-state index >= 15 is 0 Å². The van der Waals surface area contributed by atoms with Crippen LogP contribution < -0.4 is 0 Å². The third-order valence-corrected chi connectivity index (χ3v) is 9.28. The maximum absolute atomic E-state index is 13.6. The number of fused-ring (bicyclic) bond motifs is 8. The molecule has 0 atom stereocenters. The molecule has 5 rings (SSSR count). The van der Waals surface area contributed by atoms with E-state index in [1.165, 1.54) is 14.2 Å². The second-order valence-electron chi connectivity index (χ2n) is 11.4. The number of methoxy groups -OCH3 is 2. The Kier molecular flexibility index (Phi) is 8.38. The van der Waals surface area contributed by atoms with Gasteiger partial charge in [-0.25, -0.2) is 19.6 Å². The smallest absolute Gasteiger partial charge is 0.342 e. The van der Waals surface area contributed by atoms with E-state index in [9.17, 15) is 9.59 Å². The number of carbonyl (C=O) groups is 2. The molecule has 3 aromatic heterocycles. The quantitative estimate of drug-likeness (QED) is 0.278. The molecule has 8 bridgehead atoms. The summed E-state index contributed by atoms with van der Waals surface area (Å²) in [5, 5.41) is 0.